The number of halogens is 3. The van der Waals surface area contributed by atoms with Gasteiger partial charge in [0.1, 0.15) is 5.82 Å². The van der Waals surface area contributed by atoms with Gasteiger partial charge in [-0.15, -0.1) is 0 Å². The molecule has 0 saturated heterocycles. The molecule has 0 atom stereocenters. The van der Waals surface area contributed by atoms with Crippen molar-refractivity contribution in [3.8, 4) is 0 Å². The van der Waals surface area contributed by atoms with Gasteiger partial charge in [-0.25, -0.2) is 4.98 Å². The van der Waals surface area contributed by atoms with Crippen LogP contribution in [0.5, 0.6) is 0 Å². The molecule has 0 aliphatic heterocycles. The Labute approximate surface area is 159 Å². The molecule has 3 rings (SSSR count). The summed E-state index contributed by atoms with van der Waals surface area (Å²) in [4.78, 5) is 20.1. The van der Waals surface area contributed by atoms with Crippen molar-refractivity contribution in [2.24, 2.45) is 0 Å². The minimum atomic E-state index is -4.38. The van der Waals surface area contributed by atoms with Crippen LogP contribution < -0.4 is 10.6 Å². The summed E-state index contributed by atoms with van der Waals surface area (Å²) in [5.74, 6) is 0.672. The molecule has 1 heterocycles. The zero-order chi connectivity index (χ0) is 20.3. The Morgan fingerprint density at radius 1 is 0.929 bits per heavy atom. The molecule has 8 heteroatoms. The zero-order valence-corrected chi connectivity index (χ0v) is 15.1. The van der Waals surface area contributed by atoms with Crippen LogP contribution >= 0.6 is 0 Å². The van der Waals surface area contributed by atoms with E-state index in [1.54, 1.807) is 37.3 Å². The molecule has 5 nitrogen and oxygen atoms in total. The second-order valence-corrected chi connectivity index (χ2v) is 6.18. The molecule has 2 N–H and O–H groups in total. The van der Waals surface area contributed by atoms with Gasteiger partial charge in [0.05, 0.1) is 5.56 Å². The molecular weight excluding hydrogens is 369 g/mol. The van der Waals surface area contributed by atoms with Gasteiger partial charge in [0.15, 0.2) is 5.78 Å². The van der Waals surface area contributed by atoms with Crippen LogP contribution in [0.3, 0.4) is 0 Å². The number of carbonyl (C=O) groups excluding carboxylic acids is 1. The van der Waals surface area contributed by atoms with E-state index in [2.05, 4.69) is 20.6 Å². The number of hydrogen-bond acceptors (Lipinski definition) is 5. The number of ketones is 1. The first kappa shape index (κ1) is 19.3. The van der Waals surface area contributed by atoms with E-state index in [0.717, 1.165) is 12.1 Å². The number of Topliss-reactive ketones (excluding diaryl/α,β-unsaturated/α-hetero) is 1. The van der Waals surface area contributed by atoms with Crippen molar-refractivity contribution in [2.45, 2.75) is 20.0 Å². The van der Waals surface area contributed by atoms with E-state index in [-0.39, 0.29) is 5.78 Å². The topological polar surface area (TPSA) is 66.9 Å². The smallest absolute Gasteiger partial charge is 0.340 e. The standard InChI is InChI=1S/C20H17F3N4O/c1-12-10-18(25-16-8-6-15(7-9-16)20(21,22)23)27-19(24-12)26-17-5-3-4-14(11-17)13(2)28/h3-11H,1-2H3,(H2,24,25,26,27). The maximum atomic E-state index is 12.7. The van der Waals surface area contributed by atoms with Gasteiger partial charge in [0.2, 0.25) is 5.95 Å². The fourth-order valence-electron chi connectivity index (χ4n) is 2.52. The van der Waals surface area contributed by atoms with Gasteiger partial charge < -0.3 is 10.6 Å². The number of carbonyl (C=O) groups is 1. The molecule has 3 aromatic rings. The van der Waals surface area contributed by atoms with E-state index >= 15 is 0 Å². The fraction of sp³-hybridized carbons (Fsp3) is 0.150. The number of hydrogen-bond donors (Lipinski definition) is 2. The minimum Gasteiger partial charge on any atom is -0.340 e. The zero-order valence-electron chi connectivity index (χ0n) is 15.1. The first-order valence-electron chi connectivity index (χ1n) is 8.39. The molecule has 2 aromatic carbocycles. The van der Waals surface area contributed by atoms with Crippen molar-refractivity contribution in [3.63, 3.8) is 0 Å². The largest absolute Gasteiger partial charge is 0.416 e. The number of anilines is 4. The van der Waals surface area contributed by atoms with Gasteiger partial charge in [0, 0.05) is 28.7 Å². The summed E-state index contributed by atoms with van der Waals surface area (Å²) < 4.78 is 38.0. The molecule has 0 aliphatic rings. The maximum absolute atomic E-state index is 12.7. The molecule has 0 unspecified atom stereocenters. The Morgan fingerprint density at radius 3 is 2.29 bits per heavy atom. The normalized spacial score (nSPS) is 11.2. The van der Waals surface area contributed by atoms with E-state index < -0.39 is 11.7 Å². The summed E-state index contributed by atoms with van der Waals surface area (Å²) in [6.45, 7) is 3.26. The van der Waals surface area contributed by atoms with Crippen LogP contribution in [0, 0.1) is 6.92 Å². The lowest BCUT2D eigenvalue weighted by atomic mass is 10.1. The average Bonchev–Trinajstić information content (AvgIpc) is 2.61. The Hall–Kier alpha value is -3.42. The maximum Gasteiger partial charge on any atom is 0.416 e. The highest BCUT2D eigenvalue weighted by atomic mass is 19.4. The van der Waals surface area contributed by atoms with Gasteiger partial charge in [-0.2, -0.15) is 18.2 Å². The van der Waals surface area contributed by atoms with Gasteiger partial charge in [-0.3, -0.25) is 4.79 Å². The quantitative estimate of drug-likeness (QED) is 0.567. The lowest BCUT2D eigenvalue weighted by molar-refractivity contribution is -0.137. The number of aryl methyl sites for hydroxylation is 1. The van der Waals surface area contributed by atoms with Crippen LogP contribution in [0.25, 0.3) is 0 Å². The van der Waals surface area contributed by atoms with Crippen LogP contribution in [-0.2, 0) is 6.18 Å². The predicted molar refractivity (Wildman–Crippen MR) is 101 cm³/mol. The average molecular weight is 386 g/mol. The van der Waals surface area contributed by atoms with Gasteiger partial charge in [0.25, 0.3) is 0 Å². The minimum absolute atomic E-state index is 0.0570. The number of benzene rings is 2. The van der Waals surface area contributed by atoms with Crippen molar-refractivity contribution < 1.29 is 18.0 Å². The second kappa shape index (κ2) is 7.67. The number of nitrogens with zero attached hydrogens (tertiary/aromatic N) is 2. The Balaban J connectivity index is 1.80. The summed E-state index contributed by atoms with van der Waals surface area (Å²) in [6, 6.07) is 13.3. The van der Waals surface area contributed by atoms with Crippen molar-refractivity contribution in [3.05, 3.63) is 71.4 Å². The lowest BCUT2D eigenvalue weighted by Crippen LogP contribution is -2.05. The number of nitrogens with one attached hydrogen (secondary N) is 2. The fourth-order valence-corrected chi connectivity index (χ4v) is 2.52. The molecule has 0 fully saturated rings. The van der Waals surface area contributed by atoms with E-state index in [0.29, 0.717) is 34.4 Å². The summed E-state index contributed by atoms with van der Waals surface area (Å²) in [5, 5.41) is 6.00. The third kappa shape index (κ3) is 4.85. The molecule has 0 saturated carbocycles. The highest BCUT2D eigenvalue weighted by Crippen LogP contribution is 2.30. The van der Waals surface area contributed by atoms with E-state index in [1.165, 1.54) is 19.1 Å². The van der Waals surface area contributed by atoms with Gasteiger partial charge in [-0.1, -0.05) is 12.1 Å². The molecule has 0 aliphatic carbocycles. The van der Waals surface area contributed by atoms with Crippen molar-refractivity contribution in [2.75, 3.05) is 10.6 Å². The van der Waals surface area contributed by atoms with Gasteiger partial charge in [-0.05, 0) is 50.2 Å². The SMILES string of the molecule is CC(=O)c1cccc(Nc2nc(C)cc(Nc3ccc(C(F)(F)F)cc3)n2)c1. The first-order valence-corrected chi connectivity index (χ1v) is 8.39. The Morgan fingerprint density at radius 2 is 1.64 bits per heavy atom. The van der Waals surface area contributed by atoms with Crippen LogP contribution in [0.2, 0.25) is 0 Å². The Bertz CT molecular complexity index is 1000. The molecule has 0 amide bonds. The van der Waals surface area contributed by atoms with Crippen LogP contribution in [0.15, 0.2) is 54.6 Å². The van der Waals surface area contributed by atoms with E-state index in [9.17, 15) is 18.0 Å². The molecule has 0 radical (unpaired) electrons. The lowest BCUT2D eigenvalue weighted by Gasteiger charge is -2.11. The number of alkyl halides is 3. The summed E-state index contributed by atoms with van der Waals surface area (Å²) >= 11 is 0. The van der Waals surface area contributed by atoms with Crippen LogP contribution in [0.4, 0.5) is 36.3 Å². The van der Waals surface area contributed by atoms with Crippen molar-refractivity contribution in [1.82, 2.24) is 9.97 Å². The number of aromatic nitrogens is 2. The van der Waals surface area contributed by atoms with E-state index in [1.807, 2.05) is 0 Å². The second-order valence-electron chi connectivity index (χ2n) is 6.18. The molecule has 1 aromatic heterocycles. The highest BCUT2D eigenvalue weighted by Gasteiger charge is 2.29. The van der Waals surface area contributed by atoms with Crippen LogP contribution in [0.1, 0.15) is 28.5 Å². The summed E-state index contributed by atoms with van der Waals surface area (Å²) in [7, 11) is 0. The first-order chi connectivity index (χ1) is 13.2. The number of rotatable bonds is 5. The highest BCUT2D eigenvalue weighted by molar-refractivity contribution is 5.95. The summed E-state index contributed by atoms with van der Waals surface area (Å²) in [5.41, 5.74) is 1.62. The van der Waals surface area contributed by atoms with E-state index in [4.69, 9.17) is 0 Å². The molecule has 0 bridgehead atoms. The molecule has 28 heavy (non-hydrogen) atoms. The molecular formula is C20H17F3N4O. The molecule has 144 valence electrons. The van der Waals surface area contributed by atoms with Crippen molar-refractivity contribution in [1.29, 1.82) is 0 Å². The third-order valence-electron chi connectivity index (χ3n) is 3.86. The van der Waals surface area contributed by atoms with Gasteiger partial charge >= 0.3 is 6.18 Å². The monoisotopic (exact) mass is 386 g/mol. The Kier molecular flexibility index (Phi) is 5.30. The van der Waals surface area contributed by atoms with Crippen LogP contribution in [-0.4, -0.2) is 15.8 Å². The van der Waals surface area contributed by atoms with Crippen molar-refractivity contribution >= 4 is 28.9 Å². The molecule has 0 spiro atoms. The summed E-state index contributed by atoms with van der Waals surface area (Å²) in [6.07, 6.45) is -4.38. The predicted octanol–water partition coefficient (Wildman–Crippen LogP) is 5.49. The third-order valence-corrected chi connectivity index (χ3v) is 3.86.